The van der Waals surface area contributed by atoms with Crippen molar-refractivity contribution in [1.82, 2.24) is 0 Å². The summed E-state index contributed by atoms with van der Waals surface area (Å²) in [7, 11) is 0. The minimum absolute atomic E-state index is 0.0131. The van der Waals surface area contributed by atoms with Crippen LogP contribution in [0.2, 0.25) is 0 Å². The largest absolute Gasteiger partial charge is 0.324 e. The van der Waals surface area contributed by atoms with E-state index in [1.54, 1.807) is 6.08 Å². The number of thiophene rings is 1. The van der Waals surface area contributed by atoms with Crippen LogP contribution >= 0.6 is 11.3 Å². The quantitative estimate of drug-likeness (QED) is 0.721. The van der Waals surface area contributed by atoms with Gasteiger partial charge in [0.15, 0.2) is 0 Å². The maximum atomic E-state index is 8.56. The highest BCUT2D eigenvalue weighted by Gasteiger charge is 2.05. The van der Waals surface area contributed by atoms with Crippen LogP contribution in [0.5, 0.6) is 0 Å². The molecule has 1 atom stereocenters. The predicted octanol–water partition coefficient (Wildman–Crippen LogP) is 2.20. The van der Waals surface area contributed by atoms with Crippen molar-refractivity contribution in [1.29, 1.82) is 5.26 Å². The SMILES string of the molecule is C=CCC(N)c1csc(C#N)c1. The van der Waals surface area contributed by atoms with Gasteiger partial charge in [-0.25, -0.2) is 0 Å². The Labute approximate surface area is 75.9 Å². The molecule has 0 bridgehead atoms. The summed E-state index contributed by atoms with van der Waals surface area (Å²) >= 11 is 1.43. The lowest BCUT2D eigenvalue weighted by atomic mass is 10.1. The second-order valence-corrected chi connectivity index (χ2v) is 3.40. The summed E-state index contributed by atoms with van der Waals surface area (Å²) in [5, 5.41) is 10.5. The Hall–Kier alpha value is -1.11. The summed E-state index contributed by atoms with van der Waals surface area (Å²) in [6, 6.07) is 3.90. The van der Waals surface area contributed by atoms with Gasteiger partial charge in [0.05, 0.1) is 0 Å². The molecule has 0 aliphatic carbocycles. The van der Waals surface area contributed by atoms with E-state index in [2.05, 4.69) is 12.6 Å². The summed E-state index contributed by atoms with van der Waals surface area (Å²) in [6.45, 7) is 3.61. The molecule has 0 fully saturated rings. The number of hydrogen-bond donors (Lipinski definition) is 1. The van der Waals surface area contributed by atoms with E-state index in [4.69, 9.17) is 11.0 Å². The molecule has 1 unspecified atom stereocenters. The van der Waals surface area contributed by atoms with Crippen LogP contribution in [0.15, 0.2) is 24.1 Å². The van der Waals surface area contributed by atoms with Gasteiger partial charge in [0.1, 0.15) is 10.9 Å². The molecule has 0 aliphatic rings. The molecule has 1 rings (SSSR count). The molecule has 0 radical (unpaired) electrons. The van der Waals surface area contributed by atoms with E-state index in [0.29, 0.717) is 4.88 Å². The molecule has 12 heavy (non-hydrogen) atoms. The van der Waals surface area contributed by atoms with Crippen molar-refractivity contribution in [2.45, 2.75) is 12.5 Å². The first-order valence-electron chi connectivity index (χ1n) is 3.63. The smallest absolute Gasteiger partial charge is 0.110 e. The Morgan fingerprint density at radius 2 is 2.58 bits per heavy atom. The van der Waals surface area contributed by atoms with Crippen LogP contribution in [0.25, 0.3) is 0 Å². The molecular weight excluding hydrogens is 168 g/mol. The number of rotatable bonds is 3. The summed E-state index contributed by atoms with van der Waals surface area (Å²) < 4.78 is 0. The van der Waals surface area contributed by atoms with Crippen molar-refractivity contribution in [3.05, 3.63) is 34.5 Å². The normalized spacial score (nSPS) is 12.0. The molecule has 1 heterocycles. The third-order valence-electron chi connectivity index (χ3n) is 1.58. The van der Waals surface area contributed by atoms with Gasteiger partial charge in [-0.2, -0.15) is 5.26 Å². The van der Waals surface area contributed by atoms with Crippen LogP contribution < -0.4 is 5.73 Å². The molecule has 0 aromatic carbocycles. The first-order valence-corrected chi connectivity index (χ1v) is 4.51. The van der Waals surface area contributed by atoms with Crippen LogP contribution in [0.4, 0.5) is 0 Å². The van der Waals surface area contributed by atoms with E-state index in [0.717, 1.165) is 12.0 Å². The van der Waals surface area contributed by atoms with E-state index in [1.807, 2.05) is 11.4 Å². The zero-order valence-corrected chi connectivity index (χ0v) is 7.47. The lowest BCUT2D eigenvalue weighted by molar-refractivity contribution is 0.745. The highest BCUT2D eigenvalue weighted by atomic mass is 32.1. The van der Waals surface area contributed by atoms with Gasteiger partial charge in [-0.15, -0.1) is 17.9 Å². The second kappa shape index (κ2) is 4.05. The van der Waals surface area contributed by atoms with Gasteiger partial charge in [-0.1, -0.05) is 6.08 Å². The third kappa shape index (κ3) is 1.94. The molecule has 0 amide bonds. The van der Waals surface area contributed by atoms with Gasteiger partial charge >= 0.3 is 0 Å². The Bertz CT molecular complexity index is 309. The van der Waals surface area contributed by atoms with Crippen LogP contribution in [0, 0.1) is 11.3 Å². The fourth-order valence-electron chi connectivity index (χ4n) is 0.920. The molecule has 0 saturated carbocycles. The Kier molecular flexibility index (Phi) is 3.03. The highest BCUT2D eigenvalue weighted by molar-refractivity contribution is 7.10. The lowest BCUT2D eigenvalue weighted by Crippen LogP contribution is -2.07. The van der Waals surface area contributed by atoms with Gasteiger partial charge in [-0.3, -0.25) is 0 Å². The Morgan fingerprint density at radius 1 is 1.83 bits per heavy atom. The number of nitrogens with two attached hydrogens (primary N) is 1. The number of hydrogen-bond acceptors (Lipinski definition) is 3. The fourth-order valence-corrected chi connectivity index (χ4v) is 1.68. The molecule has 1 aromatic rings. The maximum absolute atomic E-state index is 8.56. The average molecular weight is 178 g/mol. The summed E-state index contributed by atoms with van der Waals surface area (Å²) in [5.74, 6) is 0. The van der Waals surface area contributed by atoms with Crippen molar-refractivity contribution in [2.75, 3.05) is 0 Å². The van der Waals surface area contributed by atoms with Crippen LogP contribution in [-0.2, 0) is 0 Å². The number of nitriles is 1. The molecule has 0 saturated heterocycles. The molecular formula is C9H10N2S. The van der Waals surface area contributed by atoms with Crippen molar-refractivity contribution in [2.24, 2.45) is 5.73 Å². The highest BCUT2D eigenvalue weighted by Crippen LogP contribution is 2.20. The molecule has 0 aliphatic heterocycles. The minimum Gasteiger partial charge on any atom is -0.324 e. The Morgan fingerprint density at radius 3 is 3.08 bits per heavy atom. The summed E-state index contributed by atoms with van der Waals surface area (Å²) in [6.07, 6.45) is 2.54. The van der Waals surface area contributed by atoms with Crippen molar-refractivity contribution in [3.63, 3.8) is 0 Å². The zero-order valence-electron chi connectivity index (χ0n) is 6.66. The summed E-state index contributed by atoms with van der Waals surface area (Å²) in [4.78, 5) is 0.713. The van der Waals surface area contributed by atoms with Gasteiger partial charge in [-0.05, 0) is 23.4 Å². The molecule has 2 nitrogen and oxygen atoms in total. The van der Waals surface area contributed by atoms with E-state index < -0.39 is 0 Å². The Balaban J connectivity index is 2.75. The minimum atomic E-state index is -0.0131. The molecule has 62 valence electrons. The maximum Gasteiger partial charge on any atom is 0.110 e. The topological polar surface area (TPSA) is 49.8 Å². The monoisotopic (exact) mass is 178 g/mol. The molecule has 1 aromatic heterocycles. The van der Waals surface area contributed by atoms with Gasteiger partial charge < -0.3 is 5.73 Å². The van der Waals surface area contributed by atoms with Gasteiger partial charge in [0.25, 0.3) is 0 Å². The van der Waals surface area contributed by atoms with E-state index in [1.165, 1.54) is 11.3 Å². The zero-order chi connectivity index (χ0) is 8.97. The van der Waals surface area contributed by atoms with Crippen molar-refractivity contribution >= 4 is 11.3 Å². The van der Waals surface area contributed by atoms with Gasteiger partial charge in [0, 0.05) is 6.04 Å². The van der Waals surface area contributed by atoms with Crippen LogP contribution in [0.3, 0.4) is 0 Å². The van der Waals surface area contributed by atoms with Crippen LogP contribution in [-0.4, -0.2) is 0 Å². The van der Waals surface area contributed by atoms with E-state index >= 15 is 0 Å². The molecule has 0 spiro atoms. The first kappa shape index (κ1) is 8.98. The van der Waals surface area contributed by atoms with Crippen LogP contribution in [0.1, 0.15) is 22.9 Å². The lowest BCUT2D eigenvalue weighted by Gasteiger charge is -2.04. The molecule has 3 heteroatoms. The number of nitrogens with zero attached hydrogens (tertiary/aromatic N) is 1. The standard InChI is InChI=1S/C9H10N2S/c1-2-3-9(11)7-4-8(5-10)12-6-7/h2,4,6,9H,1,3,11H2. The third-order valence-corrected chi connectivity index (χ3v) is 2.43. The van der Waals surface area contributed by atoms with E-state index in [9.17, 15) is 0 Å². The summed E-state index contributed by atoms with van der Waals surface area (Å²) in [5.41, 5.74) is 6.82. The predicted molar refractivity (Wildman–Crippen MR) is 50.8 cm³/mol. The average Bonchev–Trinajstić information content (AvgIpc) is 2.52. The second-order valence-electron chi connectivity index (χ2n) is 2.49. The van der Waals surface area contributed by atoms with Crippen molar-refractivity contribution in [3.8, 4) is 6.07 Å². The van der Waals surface area contributed by atoms with Gasteiger partial charge in [0.2, 0.25) is 0 Å². The van der Waals surface area contributed by atoms with Crippen molar-refractivity contribution < 1.29 is 0 Å². The van der Waals surface area contributed by atoms with E-state index in [-0.39, 0.29) is 6.04 Å². The fraction of sp³-hybridized carbons (Fsp3) is 0.222. The molecule has 2 N–H and O–H groups in total. The first-order chi connectivity index (χ1) is 5.77.